The van der Waals surface area contributed by atoms with Gasteiger partial charge < -0.3 is 11.5 Å². The van der Waals surface area contributed by atoms with E-state index in [1.165, 1.54) is 32.1 Å². The van der Waals surface area contributed by atoms with Crippen LogP contribution in [0.4, 0.5) is 0 Å². The van der Waals surface area contributed by atoms with Crippen LogP contribution in [0.3, 0.4) is 0 Å². The molecule has 0 bridgehead atoms. The van der Waals surface area contributed by atoms with Gasteiger partial charge in [0.1, 0.15) is 0 Å². The van der Waals surface area contributed by atoms with Crippen molar-refractivity contribution in [2.75, 3.05) is 0 Å². The summed E-state index contributed by atoms with van der Waals surface area (Å²) in [6, 6.07) is -0.455. The molecule has 1 aliphatic rings. The zero-order valence-electron chi connectivity index (χ0n) is 8.38. The molecule has 0 radical (unpaired) electrons. The summed E-state index contributed by atoms with van der Waals surface area (Å²) in [5.41, 5.74) is 11.1. The third kappa shape index (κ3) is 2.99. The molecule has 1 fully saturated rings. The molecule has 0 aromatic heterocycles. The van der Waals surface area contributed by atoms with Crippen LogP contribution in [-0.4, -0.2) is 11.9 Å². The van der Waals surface area contributed by atoms with Gasteiger partial charge in [-0.15, -0.1) is 0 Å². The highest BCUT2D eigenvalue weighted by atomic mass is 16.1. The van der Waals surface area contributed by atoms with Crippen LogP contribution in [-0.2, 0) is 4.79 Å². The molecule has 1 atom stereocenters. The lowest BCUT2D eigenvalue weighted by Gasteiger charge is -2.34. The Morgan fingerprint density at radius 2 is 1.92 bits per heavy atom. The monoisotopic (exact) mass is 184 g/mol. The van der Waals surface area contributed by atoms with Crippen molar-refractivity contribution < 1.29 is 4.79 Å². The molecule has 0 aromatic carbocycles. The fraction of sp³-hybridized carbons (Fsp3) is 0.900. The average molecular weight is 184 g/mol. The van der Waals surface area contributed by atoms with Crippen molar-refractivity contribution in [2.24, 2.45) is 16.9 Å². The van der Waals surface area contributed by atoms with Crippen LogP contribution in [0.25, 0.3) is 0 Å². The van der Waals surface area contributed by atoms with E-state index in [0.717, 1.165) is 6.42 Å². The Labute approximate surface area is 79.9 Å². The zero-order valence-corrected chi connectivity index (χ0v) is 8.38. The molecule has 4 N–H and O–H groups in total. The number of carbonyl (C=O) groups is 1. The third-order valence-electron chi connectivity index (χ3n) is 3.14. The maximum absolute atomic E-state index is 10.8. The molecule has 3 nitrogen and oxygen atoms in total. The van der Waals surface area contributed by atoms with E-state index in [4.69, 9.17) is 11.5 Å². The van der Waals surface area contributed by atoms with E-state index in [-0.39, 0.29) is 11.3 Å². The van der Waals surface area contributed by atoms with Gasteiger partial charge in [0.2, 0.25) is 5.91 Å². The summed E-state index contributed by atoms with van der Waals surface area (Å²) < 4.78 is 0. The second-order valence-corrected chi connectivity index (χ2v) is 4.58. The van der Waals surface area contributed by atoms with Gasteiger partial charge in [-0.1, -0.05) is 26.2 Å². The highest BCUT2D eigenvalue weighted by Gasteiger charge is 2.30. The molecule has 1 unspecified atom stereocenters. The number of nitrogens with two attached hydrogens (primary N) is 2. The first kappa shape index (κ1) is 10.5. The number of hydrogen-bond acceptors (Lipinski definition) is 2. The smallest absolute Gasteiger partial charge is 0.234 e. The average Bonchev–Trinajstić information content (AvgIpc) is 2.04. The molecule has 0 spiro atoms. The molecule has 0 saturated heterocycles. The van der Waals surface area contributed by atoms with E-state index in [9.17, 15) is 4.79 Å². The molecular formula is C10H20N2O. The van der Waals surface area contributed by atoms with Crippen LogP contribution in [0.2, 0.25) is 0 Å². The number of rotatable bonds is 3. The largest absolute Gasteiger partial charge is 0.368 e. The van der Waals surface area contributed by atoms with Gasteiger partial charge in [0.15, 0.2) is 0 Å². The summed E-state index contributed by atoms with van der Waals surface area (Å²) in [5, 5.41) is 0. The summed E-state index contributed by atoms with van der Waals surface area (Å²) in [4.78, 5) is 10.8. The first-order valence-electron chi connectivity index (χ1n) is 5.08. The predicted octanol–water partition coefficient (Wildman–Crippen LogP) is 1.16. The van der Waals surface area contributed by atoms with Gasteiger partial charge in [-0.25, -0.2) is 0 Å². The fourth-order valence-electron chi connectivity index (χ4n) is 2.24. The summed E-state index contributed by atoms with van der Waals surface area (Å²) in [6.07, 6.45) is 6.98. The molecule has 76 valence electrons. The van der Waals surface area contributed by atoms with Crippen LogP contribution in [0.1, 0.15) is 45.4 Å². The minimum atomic E-state index is -0.455. The SMILES string of the molecule is CC1(CC(N)C(N)=O)CCCCC1. The van der Waals surface area contributed by atoms with E-state index in [1.54, 1.807) is 0 Å². The Balaban J connectivity index is 2.45. The molecule has 1 saturated carbocycles. The van der Waals surface area contributed by atoms with Gasteiger partial charge in [-0.2, -0.15) is 0 Å². The van der Waals surface area contributed by atoms with Crippen LogP contribution in [0.5, 0.6) is 0 Å². The van der Waals surface area contributed by atoms with E-state index in [1.807, 2.05) is 0 Å². The van der Waals surface area contributed by atoms with Gasteiger partial charge in [0.05, 0.1) is 6.04 Å². The molecular weight excluding hydrogens is 164 g/mol. The molecule has 0 heterocycles. The summed E-state index contributed by atoms with van der Waals surface area (Å²) in [5.74, 6) is -0.369. The van der Waals surface area contributed by atoms with Gasteiger partial charge in [-0.3, -0.25) is 4.79 Å². The second-order valence-electron chi connectivity index (χ2n) is 4.58. The van der Waals surface area contributed by atoms with Crippen LogP contribution in [0, 0.1) is 5.41 Å². The van der Waals surface area contributed by atoms with Crippen molar-refractivity contribution in [3.8, 4) is 0 Å². The Hall–Kier alpha value is -0.570. The summed E-state index contributed by atoms with van der Waals surface area (Å²) >= 11 is 0. The lowest BCUT2D eigenvalue weighted by Crippen LogP contribution is -2.41. The van der Waals surface area contributed by atoms with Crippen molar-refractivity contribution in [1.82, 2.24) is 0 Å². The first-order chi connectivity index (χ1) is 6.03. The minimum Gasteiger partial charge on any atom is -0.368 e. The van der Waals surface area contributed by atoms with Crippen molar-refractivity contribution >= 4 is 5.91 Å². The Bertz CT molecular complexity index is 185. The van der Waals surface area contributed by atoms with Crippen molar-refractivity contribution in [2.45, 2.75) is 51.5 Å². The molecule has 1 amide bonds. The van der Waals surface area contributed by atoms with Crippen molar-refractivity contribution in [1.29, 1.82) is 0 Å². The molecule has 0 aliphatic heterocycles. The maximum Gasteiger partial charge on any atom is 0.234 e. The van der Waals surface area contributed by atoms with Gasteiger partial charge in [0.25, 0.3) is 0 Å². The Morgan fingerprint density at radius 3 is 2.38 bits per heavy atom. The topological polar surface area (TPSA) is 69.1 Å². The summed E-state index contributed by atoms with van der Waals surface area (Å²) in [6.45, 7) is 2.22. The highest BCUT2D eigenvalue weighted by Crippen LogP contribution is 2.39. The predicted molar refractivity (Wildman–Crippen MR) is 53.0 cm³/mol. The van der Waals surface area contributed by atoms with Crippen molar-refractivity contribution in [3.05, 3.63) is 0 Å². The van der Waals surface area contributed by atoms with Gasteiger partial charge in [-0.05, 0) is 24.7 Å². The van der Waals surface area contributed by atoms with Crippen molar-refractivity contribution in [3.63, 3.8) is 0 Å². The maximum atomic E-state index is 10.8. The van der Waals surface area contributed by atoms with Gasteiger partial charge >= 0.3 is 0 Å². The van der Waals surface area contributed by atoms with Crippen LogP contribution in [0.15, 0.2) is 0 Å². The molecule has 0 aromatic rings. The van der Waals surface area contributed by atoms with E-state index >= 15 is 0 Å². The Kier molecular flexibility index (Phi) is 3.31. The zero-order chi connectivity index (χ0) is 9.90. The fourth-order valence-corrected chi connectivity index (χ4v) is 2.24. The van der Waals surface area contributed by atoms with Crippen LogP contribution < -0.4 is 11.5 Å². The second kappa shape index (κ2) is 4.09. The third-order valence-corrected chi connectivity index (χ3v) is 3.14. The first-order valence-corrected chi connectivity index (χ1v) is 5.08. The minimum absolute atomic E-state index is 0.257. The number of primary amides is 1. The lowest BCUT2D eigenvalue weighted by atomic mass is 9.72. The number of hydrogen-bond donors (Lipinski definition) is 2. The van der Waals surface area contributed by atoms with Crippen LogP contribution >= 0.6 is 0 Å². The van der Waals surface area contributed by atoms with E-state index in [0.29, 0.717) is 0 Å². The highest BCUT2D eigenvalue weighted by molar-refractivity contribution is 5.79. The normalized spacial score (nSPS) is 23.8. The molecule has 3 heteroatoms. The Morgan fingerprint density at radius 1 is 1.38 bits per heavy atom. The molecule has 13 heavy (non-hydrogen) atoms. The summed E-state index contributed by atoms with van der Waals surface area (Å²) in [7, 11) is 0. The molecule has 1 rings (SSSR count). The van der Waals surface area contributed by atoms with Gasteiger partial charge in [0, 0.05) is 0 Å². The number of amides is 1. The number of carbonyl (C=O) groups excluding carboxylic acids is 1. The standard InChI is InChI=1S/C10H20N2O/c1-10(5-3-2-4-6-10)7-8(11)9(12)13/h8H,2-7,11H2,1H3,(H2,12,13). The quantitative estimate of drug-likeness (QED) is 0.691. The molecule has 1 aliphatic carbocycles. The van der Waals surface area contributed by atoms with E-state index in [2.05, 4.69) is 6.92 Å². The van der Waals surface area contributed by atoms with E-state index < -0.39 is 6.04 Å². The lowest BCUT2D eigenvalue weighted by molar-refractivity contribution is -0.120.